The first-order valence-corrected chi connectivity index (χ1v) is 22.3. The van der Waals surface area contributed by atoms with E-state index in [0.29, 0.717) is 45.7 Å². The number of pyridine rings is 2. The number of likely N-dealkylation sites (tertiary alicyclic amines) is 2. The standard InChI is InChI=1S/2C21H29BrN4O/c2*1-3-5-18(25-9-4-6-14(2)12-25)20-24-19-17(10-16(22)11-23-19)21(27)26(20)13-15-7-8-15/h2*10-11,14-15,18H,3-9,12-13H2,1-2H3/t14-,18+;14-,18-/m11/s1. The number of hydrogen-bond acceptors (Lipinski definition) is 8. The molecule has 0 radical (unpaired) electrons. The summed E-state index contributed by atoms with van der Waals surface area (Å²) in [4.78, 5) is 50.7. The molecule has 292 valence electrons. The number of piperidine rings is 2. The summed E-state index contributed by atoms with van der Waals surface area (Å²) in [6.45, 7) is 15.1. The van der Waals surface area contributed by atoms with Crippen molar-refractivity contribution >= 4 is 53.9 Å². The molecular formula is C42H58Br2N8O2. The maximum atomic E-state index is 13.4. The predicted molar refractivity (Wildman–Crippen MR) is 224 cm³/mol. The smallest absolute Gasteiger partial charge is 0.263 e. The van der Waals surface area contributed by atoms with Gasteiger partial charge in [-0.15, -0.1) is 0 Å². The molecule has 6 heterocycles. The quantitative estimate of drug-likeness (QED) is 0.139. The molecule has 2 saturated carbocycles. The zero-order valence-corrected chi connectivity index (χ0v) is 35.8. The molecule has 0 bridgehead atoms. The van der Waals surface area contributed by atoms with Crippen LogP contribution in [-0.4, -0.2) is 65.0 Å². The molecule has 0 amide bonds. The van der Waals surface area contributed by atoms with E-state index in [9.17, 15) is 9.59 Å². The van der Waals surface area contributed by atoms with E-state index in [0.717, 1.165) is 85.5 Å². The summed E-state index contributed by atoms with van der Waals surface area (Å²) in [6.07, 6.45) is 17.7. The van der Waals surface area contributed by atoms with E-state index in [2.05, 4.69) is 79.3 Å². The molecule has 4 aromatic heterocycles. The van der Waals surface area contributed by atoms with Crippen LogP contribution in [0.5, 0.6) is 0 Å². The Labute approximate surface area is 336 Å². The van der Waals surface area contributed by atoms with Crippen LogP contribution in [0.1, 0.15) is 128 Å². The van der Waals surface area contributed by atoms with E-state index in [1.165, 1.54) is 51.4 Å². The molecule has 4 aliphatic rings. The van der Waals surface area contributed by atoms with E-state index >= 15 is 0 Å². The van der Waals surface area contributed by atoms with E-state index in [4.69, 9.17) is 9.97 Å². The van der Waals surface area contributed by atoms with Gasteiger partial charge in [0.2, 0.25) is 0 Å². The highest BCUT2D eigenvalue weighted by atomic mass is 79.9. The lowest BCUT2D eigenvalue weighted by atomic mass is 9.97. The average molecular weight is 867 g/mol. The first kappa shape index (κ1) is 39.7. The number of fused-ring (bicyclic) bond motifs is 2. The number of nitrogens with zero attached hydrogens (tertiary/aromatic N) is 8. The van der Waals surface area contributed by atoms with Gasteiger partial charge in [-0.2, -0.15) is 0 Å². The second-order valence-electron chi connectivity index (χ2n) is 16.8. The van der Waals surface area contributed by atoms with Crippen molar-refractivity contribution in [1.29, 1.82) is 0 Å². The van der Waals surface area contributed by atoms with E-state index in [1.807, 2.05) is 21.3 Å². The van der Waals surface area contributed by atoms with E-state index < -0.39 is 0 Å². The van der Waals surface area contributed by atoms with Gasteiger partial charge in [0.15, 0.2) is 11.3 Å². The molecule has 2 saturated heterocycles. The highest BCUT2D eigenvalue weighted by Crippen LogP contribution is 2.36. The summed E-state index contributed by atoms with van der Waals surface area (Å²) in [5, 5.41) is 1.24. The molecule has 10 nitrogen and oxygen atoms in total. The normalized spacial score (nSPS) is 22.3. The number of rotatable bonds is 12. The molecule has 4 atom stereocenters. The third-order valence-corrected chi connectivity index (χ3v) is 12.7. The van der Waals surface area contributed by atoms with Gasteiger partial charge in [0, 0.05) is 47.5 Å². The Morgan fingerprint density at radius 1 is 0.667 bits per heavy atom. The first-order chi connectivity index (χ1) is 26.1. The van der Waals surface area contributed by atoms with Crippen LogP contribution < -0.4 is 11.1 Å². The summed E-state index contributed by atoms with van der Waals surface area (Å²) in [6, 6.07) is 4.14. The van der Waals surface area contributed by atoms with Crippen molar-refractivity contribution < 1.29 is 0 Å². The predicted octanol–water partition coefficient (Wildman–Crippen LogP) is 9.07. The van der Waals surface area contributed by atoms with Crippen LogP contribution >= 0.6 is 31.9 Å². The fourth-order valence-electron chi connectivity index (χ4n) is 8.69. The summed E-state index contributed by atoms with van der Waals surface area (Å²) in [7, 11) is 0. The molecular weight excluding hydrogens is 808 g/mol. The van der Waals surface area contributed by atoms with Crippen LogP contribution in [0.25, 0.3) is 22.1 Å². The lowest BCUT2D eigenvalue weighted by Crippen LogP contribution is -2.40. The van der Waals surface area contributed by atoms with Gasteiger partial charge < -0.3 is 0 Å². The fourth-order valence-corrected chi connectivity index (χ4v) is 9.35. The maximum absolute atomic E-state index is 13.4. The minimum absolute atomic E-state index is 0.0712. The zero-order valence-electron chi connectivity index (χ0n) is 32.7. The van der Waals surface area contributed by atoms with Crippen molar-refractivity contribution in [3.8, 4) is 0 Å². The molecule has 12 heteroatoms. The highest BCUT2D eigenvalue weighted by Gasteiger charge is 2.33. The largest absolute Gasteiger partial charge is 0.294 e. The molecule has 8 rings (SSSR count). The van der Waals surface area contributed by atoms with Gasteiger partial charge in [-0.1, -0.05) is 40.5 Å². The summed E-state index contributed by atoms with van der Waals surface area (Å²) in [5.41, 5.74) is 1.30. The topological polar surface area (TPSA) is 102 Å². The van der Waals surface area contributed by atoms with Gasteiger partial charge in [-0.25, -0.2) is 19.9 Å². The lowest BCUT2D eigenvalue weighted by Gasteiger charge is -2.37. The Morgan fingerprint density at radius 2 is 1.07 bits per heavy atom. The summed E-state index contributed by atoms with van der Waals surface area (Å²) < 4.78 is 5.62. The molecule has 4 fully saturated rings. The Bertz CT molecular complexity index is 1900. The molecule has 54 heavy (non-hydrogen) atoms. The van der Waals surface area contributed by atoms with E-state index in [1.54, 1.807) is 12.4 Å². The van der Waals surface area contributed by atoms with Crippen LogP contribution in [0.2, 0.25) is 0 Å². The third kappa shape index (κ3) is 9.35. The van der Waals surface area contributed by atoms with Crippen LogP contribution in [0.15, 0.2) is 43.1 Å². The van der Waals surface area contributed by atoms with Gasteiger partial charge in [-0.3, -0.25) is 28.5 Å². The van der Waals surface area contributed by atoms with Gasteiger partial charge in [0.25, 0.3) is 11.1 Å². The maximum Gasteiger partial charge on any atom is 0.263 e. The van der Waals surface area contributed by atoms with Gasteiger partial charge >= 0.3 is 0 Å². The van der Waals surface area contributed by atoms with Crippen molar-refractivity contribution in [3.05, 3.63) is 65.8 Å². The summed E-state index contributed by atoms with van der Waals surface area (Å²) >= 11 is 6.90. The highest BCUT2D eigenvalue weighted by molar-refractivity contribution is 9.10. The third-order valence-electron chi connectivity index (χ3n) is 11.9. The second-order valence-corrected chi connectivity index (χ2v) is 18.6. The number of hydrogen-bond donors (Lipinski definition) is 0. The number of halogens is 2. The van der Waals surface area contributed by atoms with Gasteiger partial charge in [-0.05, 0) is 145 Å². The molecule has 0 N–H and O–H groups in total. The van der Waals surface area contributed by atoms with Crippen LogP contribution in [0.3, 0.4) is 0 Å². The zero-order chi connectivity index (χ0) is 37.9. The Balaban J connectivity index is 0.000000167. The fraction of sp³-hybridized carbons (Fsp3) is 0.667. The number of aromatic nitrogens is 6. The molecule has 2 aliphatic heterocycles. The molecule has 2 aliphatic carbocycles. The van der Waals surface area contributed by atoms with Crippen molar-refractivity contribution in [1.82, 2.24) is 38.9 Å². The second kappa shape index (κ2) is 17.7. The average Bonchev–Trinajstić information content (AvgIpc) is 4.10. The summed E-state index contributed by atoms with van der Waals surface area (Å²) in [5.74, 6) is 4.54. The first-order valence-electron chi connectivity index (χ1n) is 20.7. The van der Waals surface area contributed by atoms with Crippen molar-refractivity contribution in [2.75, 3.05) is 26.2 Å². The molecule has 4 aromatic rings. The van der Waals surface area contributed by atoms with Crippen LogP contribution in [0.4, 0.5) is 0 Å². The lowest BCUT2D eigenvalue weighted by molar-refractivity contribution is 0.114. The van der Waals surface area contributed by atoms with Crippen molar-refractivity contribution in [3.63, 3.8) is 0 Å². The Hall–Kier alpha value is -2.54. The van der Waals surface area contributed by atoms with Gasteiger partial charge in [0.05, 0.1) is 22.9 Å². The SMILES string of the molecule is CCC[C@@H](c1nc2ncc(Br)cc2c(=O)n1CC1CC1)N1CCC[C@@H](C)C1.CCC[C@H](c1nc2ncc(Br)cc2c(=O)n1CC1CC1)N1CCC[C@@H](C)C1. The van der Waals surface area contributed by atoms with Crippen molar-refractivity contribution in [2.45, 2.75) is 130 Å². The van der Waals surface area contributed by atoms with Gasteiger partial charge in [0.1, 0.15) is 11.6 Å². The Morgan fingerprint density at radius 3 is 1.43 bits per heavy atom. The van der Waals surface area contributed by atoms with E-state index in [-0.39, 0.29) is 23.2 Å². The minimum atomic E-state index is 0.0712. The van der Waals surface area contributed by atoms with Crippen LogP contribution in [-0.2, 0) is 13.1 Å². The monoisotopic (exact) mass is 864 g/mol. The molecule has 0 unspecified atom stereocenters. The molecule has 0 spiro atoms. The minimum Gasteiger partial charge on any atom is -0.294 e. The molecule has 0 aromatic carbocycles. The van der Waals surface area contributed by atoms with Crippen LogP contribution in [0, 0.1) is 23.7 Å². The van der Waals surface area contributed by atoms with Crippen molar-refractivity contribution in [2.24, 2.45) is 23.7 Å². The Kier molecular flexibility index (Phi) is 13.0.